The molecular weight excluding hydrogens is 282 g/mol. The molecule has 5 heteroatoms. The largest absolute Gasteiger partial charge is 0.389 e. The second kappa shape index (κ2) is 4.96. The number of benzene rings is 1. The topological polar surface area (TPSA) is 40.5 Å². The molecular formula is C14H12ClNO2S. The second-order valence-corrected chi connectivity index (χ2v) is 5.97. The molecule has 3 rings (SSSR count). The molecule has 1 aliphatic rings. The van der Waals surface area contributed by atoms with Gasteiger partial charge in [0.2, 0.25) is 5.91 Å². The molecule has 1 saturated heterocycles. The first kappa shape index (κ1) is 12.7. The van der Waals surface area contributed by atoms with Gasteiger partial charge in [-0.1, -0.05) is 29.8 Å². The van der Waals surface area contributed by atoms with Crippen LogP contribution < -0.4 is 0 Å². The van der Waals surface area contributed by atoms with Gasteiger partial charge < -0.3 is 10.0 Å². The number of hydrogen-bond acceptors (Lipinski definition) is 3. The summed E-state index contributed by atoms with van der Waals surface area (Å²) in [5, 5.41) is 10.9. The lowest BCUT2D eigenvalue weighted by Gasteiger charge is -2.34. The van der Waals surface area contributed by atoms with Crippen LogP contribution in [0.15, 0.2) is 30.3 Å². The Kier molecular flexibility index (Phi) is 3.31. The smallest absolute Gasteiger partial charge is 0.246 e. The lowest BCUT2D eigenvalue weighted by atomic mass is 10.1. The van der Waals surface area contributed by atoms with Gasteiger partial charge in [0.1, 0.15) is 0 Å². The van der Waals surface area contributed by atoms with Gasteiger partial charge in [-0.2, -0.15) is 0 Å². The first-order chi connectivity index (χ1) is 9.15. The fourth-order valence-electron chi connectivity index (χ4n) is 2.03. The Morgan fingerprint density at radius 2 is 2.16 bits per heavy atom. The summed E-state index contributed by atoms with van der Waals surface area (Å²) < 4.78 is 1.11. The number of carbonyl (C=O) groups excluding carboxylic acids is 1. The van der Waals surface area contributed by atoms with Crippen LogP contribution in [-0.2, 0) is 4.79 Å². The summed E-state index contributed by atoms with van der Waals surface area (Å²) in [6.07, 6.45) is 2.90. The summed E-state index contributed by atoms with van der Waals surface area (Å²) in [6.45, 7) is 0.840. The Bertz CT molecular complexity index is 659. The third kappa shape index (κ3) is 2.39. The Morgan fingerprint density at radius 3 is 2.84 bits per heavy atom. The number of β-amino-alcohol motifs (C(OH)–C–C–N with tert-alkyl or cyclic N) is 1. The van der Waals surface area contributed by atoms with E-state index in [1.807, 2.05) is 24.3 Å². The van der Waals surface area contributed by atoms with E-state index in [2.05, 4.69) is 0 Å². The fraction of sp³-hybridized carbons (Fsp3) is 0.214. The lowest BCUT2D eigenvalue weighted by molar-refractivity contribution is -0.135. The van der Waals surface area contributed by atoms with Gasteiger partial charge in [-0.15, -0.1) is 11.3 Å². The molecule has 1 amide bonds. The summed E-state index contributed by atoms with van der Waals surface area (Å²) >= 11 is 7.85. The zero-order valence-electron chi connectivity index (χ0n) is 10.0. The molecule has 0 spiro atoms. The van der Waals surface area contributed by atoms with E-state index in [4.69, 9.17) is 16.7 Å². The van der Waals surface area contributed by atoms with Crippen LogP contribution in [0.4, 0.5) is 0 Å². The van der Waals surface area contributed by atoms with E-state index >= 15 is 0 Å². The number of thiophene rings is 1. The van der Waals surface area contributed by atoms with Gasteiger partial charge in [0.15, 0.2) is 0 Å². The molecule has 0 aliphatic carbocycles. The molecule has 0 saturated carbocycles. The highest BCUT2D eigenvalue weighted by Gasteiger charge is 2.27. The number of fused-ring (bicyclic) bond motifs is 1. The van der Waals surface area contributed by atoms with Crippen molar-refractivity contribution in [3.05, 3.63) is 40.2 Å². The van der Waals surface area contributed by atoms with Crippen LogP contribution in [-0.4, -0.2) is 35.1 Å². The predicted octanol–water partition coefficient (Wildman–Crippen LogP) is 2.77. The minimum absolute atomic E-state index is 0.0844. The summed E-state index contributed by atoms with van der Waals surface area (Å²) in [4.78, 5) is 14.2. The predicted molar refractivity (Wildman–Crippen MR) is 78.5 cm³/mol. The molecule has 2 aromatic rings. The highest BCUT2D eigenvalue weighted by molar-refractivity contribution is 7.20. The van der Waals surface area contributed by atoms with Crippen molar-refractivity contribution in [1.29, 1.82) is 0 Å². The SMILES string of the molecule is O=C(/C=C/c1sc2ccccc2c1Cl)N1CC(O)C1. The van der Waals surface area contributed by atoms with E-state index in [1.165, 1.54) is 6.08 Å². The van der Waals surface area contributed by atoms with E-state index in [1.54, 1.807) is 22.3 Å². The summed E-state index contributed by atoms with van der Waals surface area (Å²) in [5.41, 5.74) is 0. The van der Waals surface area contributed by atoms with Crippen molar-refractivity contribution in [2.45, 2.75) is 6.10 Å². The van der Waals surface area contributed by atoms with Crippen LogP contribution in [0.3, 0.4) is 0 Å². The van der Waals surface area contributed by atoms with Crippen LogP contribution >= 0.6 is 22.9 Å². The normalized spacial score (nSPS) is 16.2. The molecule has 0 atom stereocenters. The molecule has 19 heavy (non-hydrogen) atoms. The maximum atomic E-state index is 11.8. The highest BCUT2D eigenvalue weighted by Crippen LogP contribution is 2.35. The van der Waals surface area contributed by atoms with Gasteiger partial charge in [0.05, 0.1) is 11.1 Å². The van der Waals surface area contributed by atoms with Crippen LogP contribution in [0.1, 0.15) is 4.88 Å². The molecule has 98 valence electrons. The number of aliphatic hydroxyl groups is 1. The Balaban J connectivity index is 1.81. The highest BCUT2D eigenvalue weighted by atomic mass is 35.5. The van der Waals surface area contributed by atoms with Crippen LogP contribution in [0.25, 0.3) is 16.2 Å². The van der Waals surface area contributed by atoms with Crippen molar-refractivity contribution in [2.24, 2.45) is 0 Å². The van der Waals surface area contributed by atoms with Gasteiger partial charge in [-0.3, -0.25) is 4.79 Å². The van der Waals surface area contributed by atoms with Crippen molar-refractivity contribution in [1.82, 2.24) is 4.90 Å². The van der Waals surface area contributed by atoms with Crippen molar-refractivity contribution in [3.8, 4) is 0 Å². The third-order valence-electron chi connectivity index (χ3n) is 3.11. The summed E-state index contributed by atoms with van der Waals surface area (Å²) in [7, 11) is 0. The molecule has 0 radical (unpaired) electrons. The molecule has 3 nitrogen and oxygen atoms in total. The lowest BCUT2D eigenvalue weighted by Crippen LogP contribution is -2.52. The zero-order valence-corrected chi connectivity index (χ0v) is 11.6. The van der Waals surface area contributed by atoms with E-state index in [9.17, 15) is 4.79 Å². The van der Waals surface area contributed by atoms with E-state index < -0.39 is 0 Å². The van der Waals surface area contributed by atoms with Gasteiger partial charge in [-0.25, -0.2) is 0 Å². The number of rotatable bonds is 2. The van der Waals surface area contributed by atoms with Crippen molar-refractivity contribution in [3.63, 3.8) is 0 Å². The quantitative estimate of drug-likeness (QED) is 0.865. The summed E-state index contributed by atoms with van der Waals surface area (Å²) in [6, 6.07) is 7.90. The zero-order chi connectivity index (χ0) is 13.4. The van der Waals surface area contributed by atoms with Crippen LogP contribution in [0, 0.1) is 0 Å². The number of carbonyl (C=O) groups is 1. The fourth-order valence-corrected chi connectivity index (χ4v) is 3.43. The first-order valence-corrected chi connectivity index (χ1v) is 7.16. The minimum Gasteiger partial charge on any atom is -0.389 e. The molecule has 1 aromatic carbocycles. The van der Waals surface area contributed by atoms with E-state index in [0.717, 1.165) is 15.0 Å². The molecule has 1 aliphatic heterocycles. The molecule has 1 N–H and O–H groups in total. The standard InChI is InChI=1S/C14H12ClNO2S/c15-14-10-3-1-2-4-11(10)19-12(14)5-6-13(18)16-7-9(17)8-16/h1-6,9,17H,7-8H2/b6-5+. The number of likely N-dealkylation sites (tertiary alicyclic amines) is 1. The van der Waals surface area contributed by atoms with Crippen LogP contribution in [0.5, 0.6) is 0 Å². The Hall–Kier alpha value is -1.36. The number of nitrogens with zero attached hydrogens (tertiary/aromatic N) is 1. The molecule has 1 fully saturated rings. The monoisotopic (exact) mass is 293 g/mol. The Morgan fingerprint density at radius 1 is 1.42 bits per heavy atom. The number of amides is 1. The average Bonchev–Trinajstić information content (AvgIpc) is 2.70. The van der Waals surface area contributed by atoms with Crippen LogP contribution in [0.2, 0.25) is 5.02 Å². The van der Waals surface area contributed by atoms with Gasteiger partial charge >= 0.3 is 0 Å². The number of aliphatic hydroxyl groups excluding tert-OH is 1. The molecule has 1 aromatic heterocycles. The molecule has 0 unspecified atom stereocenters. The second-order valence-electron chi connectivity index (χ2n) is 4.51. The van der Waals surface area contributed by atoms with Crippen molar-refractivity contribution in [2.75, 3.05) is 13.1 Å². The molecule has 2 heterocycles. The maximum Gasteiger partial charge on any atom is 0.246 e. The van der Waals surface area contributed by atoms with Gasteiger partial charge in [0.25, 0.3) is 0 Å². The maximum absolute atomic E-state index is 11.8. The Labute approximate surface area is 119 Å². The van der Waals surface area contributed by atoms with E-state index in [0.29, 0.717) is 18.1 Å². The number of hydrogen-bond donors (Lipinski definition) is 1. The van der Waals surface area contributed by atoms with Gasteiger partial charge in [-0.05, 0) is 12.1 Å². The van der Waals surface area contributed by atoms with E-state index in [-0.39, 0.29) is 12.0 Å². The number of halogens is 1. The van der Waals surface area contributed by atoms with Crippen molar-refractivity contribution >= 4 is 45.0 Å². The molecule has 0 bridgehead atoms. The van der Waals surface area contributed by atoms with Crippen molar-refractivity contribution < 1.29 is 9.90 Å². The first-order valence-electron chi connectivity index (χ1n) is 5.97. The third-order valence-corrected chi connectivity index (χ3v) is 4.77. The minimum atomic E-state index is -0.370. The summed E-state index contributed by atoms with van der Waals surface area (Å²) in [5.74, 6) is -0.0844. The average molecular weight is 294 g/mol. The van der Waals surface area contributed by atoms with Gasteiger partial charge in [0, 0.05) is 34.1 Å².